The fourth-order valence-electron chi connectivity index (χ4n) is 1.36. The normalized spacial score (nSPS) is 10.6. The summed E-state index contributed by atoms with van der Waals surface area (Å²) in [5.74, 6) is -3.64. The van der Waals surface area contributed by atoms with Gasteiger partial charge in [0, 0.05) is 10.5 Å². The highest BCUT2D eigenvalue weighted by Gasteiger charge is 2.15. The third-order valence-corrected chi connectivity index (χ3v) is 2.98. The van der Waals surface area contributed by atoms with Crippen molar-refractivity contribution in [3.05, 3.63) is 51.2 Å². The lowest BCUT2D eigenvalue weighted by Crippen LogP contribution is -1.97. The van der Waals surface area contributed by atoms with Crippen molar-refractivity contribution in [2.24, 2.45) is 0 Å². The molecular weight excluding hydrogens is 346 g/mol. The number of hydrogen-bond acceptors (Lipinski definition) is 2. The number of halogens is 5. The highest BCUT2D eigenvalue weighted by atomic mass is 79.9. The summed E-state index contributed by atoms with van der Waals surface area (Å²) in [5.41, 5.74) is 5.57. The largest absolute Gasteiger partial charge is 0.452 e. The highest BCUT2D eigenvalue weighted by molar-refractivity contribution is 9.10. The van der Waals surface area contributed by atoms with Crippen LogP contribution in [0.25, 0.3) is 0 Å². The first-order valence-corrected chi connectivity index (χ1v) is 6.12. The smallest absolute Gasteiger partial charge is 0.201 e. The minimum Gasteiger partial charge on any atom is -0.452 e. The summed E-state index contributed by atoms with van der Waals surface area (Å²) in [6.45, 7) is 0. The maximum atomic E-state index is 13.5. The van der Waals surface area contributed by atoms with E-state index in [0.717, 1.165) is 18.2 Å². The van der Waals surface area contributed by atoms with Crippen molar-refractivity contribution >= 4 is 33.2 Å². The van der Waals surface area contributed by atoms with Crippen LogP contribution in [-0.2, 0) is 0 Å². The summed E-state index contributed by atoms with van der Waals surface area (Å²) in [5, 5.41) is -0.189. The monoisotopic (exact) mass is 351 g/mol. The van der Waals surface area contributed by atoms with Gasteiger partial charge in [0.15, 0.2) is 17.3 Å². The van der Waals surface area contributed by atoms with Crippen molar-refractivity contribution in [3.63, 3.8) is 0 Å². The van der Waals surface area contributed by atoms with Gasteiger partial charge in [-0.05, 0) is 18.2 Å². The fraction of sp³-hybridized carbons (Fsp3) is 0. The molecule has 0 aromatic heterocycles. The molecule has 2 nitrogen and oxygen atoms in total. The summed E-state index contributed by atoms with van der Waals surface area (Å²) >= 11 is 8.51. The predicted octanol–water partition coefficient (Wildman–Crippen LogP) is 4.89. The Morgan fingerprint density at radius 3 is 2.37 bits per heavy atom. The highest BCUT2D eigenvalue weighted by Crippen LogP contribution is 2.34. The summed E-state index contributed by atoms with van der Waals surface area (Å²) < 4.78 is 45.3. The van der Waals surface area contributed by atoms with Gasteiger partial charge in [-0.15, -0.1) is 0 Å². The van der Waals surface area contributed by atoms with Crippen LogP contribution in [0.2, 0.25) is 5.02 Å². The van der Waals surface area contributed by atoms with Gasteiger partial charge in [0.1, 0.15) is 5.82 Å². The summed E-state index contributed by atoms with van der Waals surface area (Å²) in [6, 6.07) is 4.16. The first-order chi connectivity index (χ1) is 8.88. The molecule has 2 aromatic rings. The lowest BCUT2D eigenvalue weighted by atomic mass is 10.2. The molecule has 0 spiro atoms. The molecule has 0 aliphatic heterocycles. The summed E-state index contributed by atoms with van der Waals surface area (Å²) in [7, 11) is 0. The van der Waals surface area contributed by atoms with E-state index in [1.54, 1.807) is 0 Å². The third-order valence-electron chi connectivity index (χ3n) is 2.23. The van der Waals surface area contributed by atoms with Gasteiger partial charge >= 0.3 is 0 Å². The second-order valence-electron chi connectivity index (χ2n) is 3.61. The zero-order valence-corrected chi connectivity index (χ0v) is 11.5. The van der Waals surface area contributed by atoms with Gasteiger partial charge in [-0.25, -0.2) is 8.78 Å². The van der Waals surface area contributed by atoms with Gasteiger partial charge in [0.25, 0.3) is 0 Å². The molecule has 100 valence electrons. The molecule has 0 radical (unpaired) electrons. The number of nitrogens with two attached hydrogens (primary N) is 1. The lowest BCUT2D eigenvalue weighted by Gasteiger charge is -2.10. The summed E-state index contributed by atoms with van der Waals surface area (Å²) in [4.78, 5) is 0. The second-order valence-corrected chi connectivity index (χ2v) is 4.93. The zero-order valence-electron chi connectivity index (χ0n) is 9.18. The summed E-state index contributed by atoms with van der Waals surface area (Å²) in [6.07, 6.45) is 0. The van der Waals surface area contributed by atoms with Crippen LogP contribution >= 0.6 is 27.5 Å². The molecule has 0 unspecified atom stereocenters. The Bertz CT molecular complexity index is 651. The zero-order chi connectivity index (χ0) is 14.2. The second kappa shape index (κ2) is 5.30. The van der Waals surface area contributed by atoms with E-state index in [9.17, 15) is 13.2 Å². The van der Waals surface area contributed by atoms with E-state index >= 15 is 0 Å². The Hall–Kier alpha value is -1.40. The molecule has 0 saturated carbocycles. The topological polar surface area (TPSA) is 35.2 Å². The van der Waals surface area contributed by atoms with Crippen LogP contribution in [0.3, 0.4) is 0 Å². The van der Waals surface area contributed by atoms with E-state index in [1.807, 2.05) is 0 Å². The molecule has 0 aliphatic rings. The van der Waals surface area contributed by atoms with Crippen molar-refractivity contribution in [2.45, 2.75) is 0 Å². The van der Waals surface area contributed by atoms with E-state index < -0.39 is 23.2 Å². The van der Waals surface area contributed by atoms with Crippen molar-refractivity contribution in [3.8, 4) is 11.5 Å². The van der Waals surface area contributed by atoms with E-state index in [2.05, 4.69) is 15.9 Å². The molecule has 0 atom stereocenters. The molecule has 19 heavy (non-hydrogen) atoms. The predicted molar refractivity (Wildman–Crippen MR) is 70.0 cm³/mol. The maximum Gasteiger partial charge on any atom is 0.201 e. The Morgan fingerprint density at radius 2 is 1.68 bits per heavy atom. The molecule has 0 bridgehead atoms. The van der Waals surface area contributed by atoms with Gasteiger partial charge in [-0.1, -0.05) is 27.5 Å². The molecule has 2 N–H and O–H groups in total. The van der Waals surface area contributed by atoms with Crippen LogP contribution in [-0.4, -0.2) is 0 Å². The average Bonchev–Trinajstić information content (AvgIpc) is 2.32. The molecule has 0 amide bonds. The van der Waals surface area contributed by atoms with Gasteiger partial charge in [-0.2, -0.15) is 4.39 Å². The van der Waals surface area contributed by atoms with Gasteiger partial charge in [0.2, 0.25) is 5.82 Å². The van der Waals surface area contributed by atoms with Crippen LogP contribution in [0.1, 0.15) is 0 Å². The molecule has 2 rings (SSSR count). The fourth-order valence-corrected chi connectivity index (χ4v) is 1.94. The van der Waals surface area contributed by atoms with E-state index in [1.165, 1.54) is 6.07 Å². The molecule has 0 saturated heterocycles. The van der Waals surface area contributed by atoms with Crippen LogP contribution < -0.4 is 10.5 Å². The molecule has 0 aliphatic carbocycles. The number of hydrogen-bond donors (Lipinski definition) is 1. The molecule has 2 aromatic carbocycles. The van der Waals surface area contributed by atoms with Crippen LogP contribution in [0, 0.1) is 17.5 Å². The van der Waals surface area contributed by atoms with Crippen molar-refractivity contribution in [2.75, 3.05) is 5.73 Å². The Kier molecular flexibility index (Phi) is 3.91. The molecule has 0 heterocycles. The minimum absolute atomic E-state index is 0.00573. The van der Waals surface area contributed by atoms with E-state index in [4.69, 9.17) is 22.1 Å². The van der Waals surface area contributed by atoms with Crippen LogP contribution in [0.5, 0.6) is 11.5 Å². The van der Waals surface area contributed by atoms with Crippen LogP contribution in [0.4, 0.5) is 18.9 Å². The number of rotatable bonds is 2. The first-order valence-electron chi connectivity index (χ1n) is 4.95. The van der Waals surface area contributed by atoms with E-state index in [-0.39, 0.29) is 20.9 Å². The average molecular weight is 353 g/mol. The third kappa shape index (κ3) is 2.96. The molecular formula is C12H6BrClF3NO. The molecule has 0 fully saturated rings. The number of nitrogen functional groups attached to an aromatic ring is 1. The van der Waals surface area contributed by atoms with Gasteiger partial charge < -0.3 is 10.5 Å². The van der Waals surface area contributed by atoms with Gasteiger partial charge in [-0.3, -0.25) is 0 Å². The maximum absolute atomic E-state index is 13.5. The van der Waals surface area contributed by atoms with Crippen molar-refractivity contribution in [1.82, 2.24) is 0 Å². The first kappa shape index (κ1) is 14.0. The number of anilines is 1. The number of ether oxygens (including phenoxy) is 1. The Morgan fingerprint density at radius 1 is 1.00 bits per heavy atom. The standard InChI is InChI=1S/C12H6BrClF3NO/c13-5-1-8(16)12(17)11(2-5)19-10-4-7(15)6(14)3-9(10)18/h1-4H,18H2. The molecule has 7 heteroatoms. The van der Waals surface area contributed by atoms with E-state index in [0.29, 0.717) is 0 Å². The lowest BCUT2D eigenvalue weighted by molar-refractivity contribution is 0.414. The minimum atomic E-state index is -1.20. The van der Waals surface area contributed by atoms with Crippen molar-refractivity contribution < 1.29 is 17.9 Å². The quantitative estimate of drug-likeness (QED) is 0.617. The Balaban J connectivity index is 2.44. The van der Waals surface area contributed by atoms with Gasteiger partial charge in [0.05, 0.1) is 10.7 Å². The Labute approximate surface area is 120 Å². The van der Waals surface area contributed by atoms with Crippen LogP contribution in [0.15, 0.2) is 28.7 Å². The van der Waals surface area contributed by atoms with Crippen molar-refractivity contribution in [1.29, 1.82) is 0 Å². The number of benzene rings is 2. The SMILES string of the molecule is Nc1cc(Cl)c(F)cc1Oc1cc(Br)cc(F)c1F.